The van der Waals surface area contributed by atoms with Gasteiger partial charge in [0.25, 0.3) is 5.69 Å². The van der Waals surface area contributed by atoms with Gasteiger partial charge >= 0.3 is 0 Å². The Balaban J connectivity index is 2.79. The van der Waals surface area contributed by atoms with Crippen molar-refractivity contribution in [3.8, 4) is 0 Å². The number of non-ortho nitro benzene ring substituents is 1. The molecule has 0 aliphatic heterocycles. The number of nitro groups is 1. The molecule has 80 valence electrons. The number of nitro benzene ring substituents is 1. The minimum Gasteiger partial charge on any atom is -0.463 e. The van der Waals surface area contributed by atoms with Crippen molar-refractivity contribution in [2.24, 2.45) is 0 Å². The van der Waals surface area contributed by atoms with Crippen LogP contribution >= 0.6 is 0 Å². The molecule has 0 amide bonds. The summed E-state index contributed by atoms with van der Waals surface area (Å²) in [4.78, 5) is 31.9. The van der Waals surface area contributed by atoms with Crippen LogP contribution < -0.4 is 5.43 Å². The number of aldehydes is 1. The molecule has 1 aromatic heterocycles. The normalized spacial score (nSPS) is 10.2. The molecule has 0 N–H and O–H groups in total. The summed E-state index contributed by atoms with van der Waals surface area (Å²) in [6.45, 7) is 0. The Labute approximate surface area is 88.3 Å². The van der Waals surface area contributed by atoms with E-state index in [9.17, 15) is 19.7 Å². The second kappa shape index (κ2) is 3.58. The Morgan fingerprint density at radius 2 is 2.12 bits per heavy atom. The maximum Gasteiger partial charge on any atom is 0.273 e. The molecular formula is C10H5NO5. The first-order valence-corrected chi connectivity index (χ1v) is 4.28. The maximum atomic E-state index is 11.6. The first kappa shape index (κ1) is 10.0. The molecule has 0 aliphatic rings. The molecule has 0 aliphatic carbocycles. The minimum atomic E-state index is -0.590. The second-order valence-corrected chi connectivity index (χ2v) is 3.08. The van der Waals surface area contributed by atoms with Crippen LogP contribution in [0.5, 0.6) is 0 Å². The highest BCUT2D eigenvalue weighted by Gasteiger charge is 2.11. The first-order valence-electron chi connectivity index (χ1n) is 4.28. The molecule has 2 aromatic rings. The number of carbonyl (C=O) groups is 1. The van der Waals surface area contributed by atoms with Crippen LogP contribution in [0.1, 0.15) is 10.4 Å². The van der Waals surface area contributed by atoms with Gasteiger partial charge < -0.3 is 4.42 Å². The third kappa shape index (κ3) is 1.46. The van der Waals surface area contributed by atoms with E-state index >= 15 is 0 Å². The molecule has 0 radical (unpaired) electrons. The topological polar surface area (TPSA) is 90.4 Å². The van der Waals surface area contributed by atoms with Gasteiger partial charge in [-0.05, 0) is 6.07 Å². The van der Waals surface area contributed by atoms with E-state index in [1.54, 1.807) is 0 Å². The molecule has 6 heteroatoms. The molecule has 0 atom stereocenters. The highest BCUT2D eigenvalue weighted by Crippen LogP contribution is 2.18. The van der Waals surface area contributed by atoms with Crippen molar-refractivity contribution >= 4 is 22.9 Å². The number of hydrogen-bond donors (Lipinski definition) is 0. The standard InChI is InChI=1S/C10H5NO5/c12-4-6-5-16-9-3-7(11(14)15)1-2-8(9)10(6)13/h1-5H. The van der Waals surface area contributed by atoms with Gasteiger partial charge in [0.15, 0.2) is 6.29 Å². The smallest absolute Gasteiger partial charge is 0.273 e. The number of nitrogens with zero attached hydrogens (tertiary/aromatic N) is 1. The molecule has 2 rings (SSSR count). The zero-order valence-corrected chi connectivity index (χ0v) is 7.88. The lowest BCUT2D eigenvalue weighted by molar-refractivity contribution is -0.384. The van der Waals surface area contributed by atoms with Crippen molar-refractivity contribution in [2.45, 2.75) is 0 Å². The Morgan fingerprint density at radius 1 is 1.38 bits per heavy atom. The fourth-order valence-electron chi connectivity index (χ4n) is 1.33. The Kier molecular flexibility index (Phi) is 2.24. The summed E-state index contributed by atoms with van der Waals surface area (Å²) in [5, 5.41) is 10.6. The van der Waals surface area contributed by atoms with Crippen LogP contribution in [0.2, 0.25) is 0 Å². The van der Waals surface area contributed by atoms with E-state index < -0.39 is 10.4 Å². The summed E-state index contributed by atoms with van der Waals surface area (Å²) < 4.78 is 4.97. The van der Waals surface area contributed by atoms with Gasteiger partial charge in [-0.3, -0.25) is 19.7 Å². The summed E-state index contributed by atoms with van der Waals surface area (Å²) >= 11 is 0. The molecule has 1 heterocycles. The SMILES string of the molecule is O=Cc1coc2cc([N+](=O)[O-])ccc2c1=O. The molecule has 6 nitrogen and oxygen atoms in total. The third-order valence-corrected chi connectivity index (χ3v) is 2.12. The molecule has 0 fully saturated rings. The number of carbonyl (C=O) groups excluding carboxylic acids is 1. The molecule has 1 aromatic carbocycles. The van der Waals surface area contributed by atoms with Crippen LogP contribution in [0.3, 0.4) is 0 Å². The van der Waals surface area contributed by atoms with Crippen LogP contribution in [-0.2, 0) is 0 Å². The Bertz CT molecular complexity index is 643. The molecule has 0 saturated heterocycles. The van der Waals surface area contributed by atoms with Crippen LogP contribution in [-0.4, -0.2) is 11.2 Å². The molecule has 0 unspecified atom stereocenters. The third-order valence-electron chi connectivity index (χ3n) is 2.12. The van der Waals surface area contributed by atoms with E-state index in [-0.39, 0.29) is 22.2 Å². The van der Waals surface area contributed by atoms with Gasteiger partial charge in [-0.15, -0.1) is 0 Å². The second-order valence-electron chi connectivity index (χ2n) is 3.08. The van der Waals surface area contributed by atoms with Crippen LogP contribution in [0, 0.1) is 10.1 Å². The lowest BCUT2D eigenvalue weighted by Crippen LogP contribution is -2.07. The predicted octanol–water partition coefficient (Wildman–Crippen LogP) is 1.51. The minimum absolute atomic E-state index is 0.0878. The van der Waals surface area contributed by atoms with E-state index in [4.69, 9.17) is 4.42 Å². The lowest BCUT2D eigenvalue weighted by Gasteiger charge is -1.97. The molecular weight excluding hydrogens is 214 g/mol. The van der Waals surface area contributed by atoms with Crippen LogP contribution in [0.15, 0.2) is 33.7 Å². The molecule has 0 spiro atoms. The van der Waals surface area contributed by atoms with Gasteiger partial charge in [-0.1, -0.05) is 0 Å². The van der Waals surface area contributed by atoms with E-state index in [1.807, 2.05) is 0 Å². The maximum absolute atomic E-state index is 11.6. The Morgan fingerprint density at radius 3 is 2.75 bits per heavy atom. The monoisotopic (exact) mass is 219 g/mol. The van der Waals surface area contributed by atoms with Crippen molar-refractivity contribution < 1.29 is 14.1 Å². The summed E-state index contributed by atoms with van der Waals surface area (Å²) in [5.74, 6) is 0. The van der Waals surface area contributed by atoms with Gasteiger partial charge in [0.2, 0.25) is 5.43 Å². The highest BCUT2D eigenvalue weighted by atomic mass is 16.6. The van der Waals surface area contributed by atoms with Crippen LogP contribution in [0.25, 0.3) is 11.0 Å². The summed E-state index contributed by atoms with van der Waals surface area (Å²) in [6.07, 6.45) is 1.37. The van der Waals surface area contributed by atoms with E-state index in [2.05, 4.69) is 0 Å². The van der Waals surface area contributed by atoms with Gasteiger partial charge in [0.1, 0.15) is 11.8 Å². The average molecular weight is 219 g/mol. The number of fused-ring (bicyclic) bond motifs is 1. The fraction of sp³-hybridized carbons (Fsp3) is 0. The lowest BCUT2D eigenvalue weighted by atomic mass is 10.2. The summed E-state index contributed by atoms with van der Waals surface area (Å²) in [5.41, 5.74) is -0.688. The van der Waals surface area contributed by atoms with Gasteiger partial charge in [0.05, 0.1) is 21.9 Å². The molecule has 0 saturated carbocycles. The average Bonchev–Trinajstić information content (AvgIpc) is 2.29. The van der Waals surface area contributed by atoms with Crippen molar-refractivity contribution in [1.29, 1.82) is 0 Å². The predicted molar refractivity (Wildman–Crippen MR) is 54.5 cm³/mol. The van der Waals surface area contributed by atoms with Crippen molar-refractivity contribution in [2.75, 3.05) is 0 Å². The van der Waals surface area contributed by atoms with E-state index in [0.717, 1.165) is 12.3 Å². The summed E-state index contributed by atoms with van der Waals surface area (Å²) in [6, 6.07) is 3.60. The number of benzene rings is 1. The van der Waals surface area contributed by atoms with Gasteiger partial charge in [0, 0.05) is 6.07 Å². The van der Waals surface area contributed by atoms with E-state index in [1.165, 1.54) is 12.1 Å². The molecule has 16 heavy (non-hydrogen) atoms. The number of rotatable bonds is 2. The van der Waals surface area contributed by atoms with Crippen molar-refractivity contribution in [3.63, 3.8) is 0 Å². The largest absolute Gasteiger partial charge is 0.463 e. The van der Waals surface area contributed by atoms with Gasteiger partial charge in [-0.2, -0.15) is 0 Å². The molecule has 0 bridgehead atoms. The zero-order chi connectivity index (χ0) is 11.7. The van der Waals surface area contributed by atoms with Crippen molar-refractivity contribution in [3.05, 3.63) is 50.4 Å². The highest BCUT2D eigenvalue weighted by molar-refractivity contribution is 5.85. The van der Waals surface area contributed by atoms with E-state index in [0.29, 0.717) is 6.29 Å². The quantitative estimate of drug-likeness (QED) is 0.433. The van der Waals surface area contributed by atoms with Gasteiger partial charge in [-0.25, -0.2) is 0 Å². The zero-order valence-electron chi connectivity index (χ0n) is 7.88. The van der Waals surface area contributed by atoms with Crippen LogP contribution in [0.4, 0.5) is 5.69 Å². The fourth-order valence-corrected chi connectivity index (χ4v) is 1.33. The van der Waals surface area contributed by atoms with Crippen molar-refractivity contribution in [1.82, 2.24) is 0 Å². The first-order chi connectivity index (χ1) is 7.63. The summed E-state index contributed by atoms with van der Waals surface area (Å²) in [7, 11) is 0. The Hall–Kier alpha value is -2.50. The number of hydrogen-bond acceptors (Lipinski definition) is 5.